The number of piperazine rings is 1. The van der Waals surface area contributed by atoms with Crippen LogP contribution in [0, 0.1) is 6.92 Å². The van der Waals surface area contributed by atoms with Crippen LogP contribution in [0.15, 0.2) is 0 Å². The number of Topliss-reactive ketones (excluding diaryl/α,β-unsaturated/α-hetero) is 1. The highest BCUT2D eigenvalue weighted by molar-refractivity contribution is 5.84. The zero-order valence-corrected chi connectivity index (χ0v) is 9.07. The fourth-order valence-electron chi connectivity index (χ4n) is 1.55. The number of nitrogens with zero attached hydrogens (tertiary/aromatic N) is 2. The Kier molecular flexibility index (Phi) is 4.55. The van der Waals surface area contributed by atoms with Crippen LogP contribution >= 0.6 is 0 Å². The average molecular weight is 213 g/mol. The van der Waals surface area contributed by atoms with Gasteiger partial charge in [0.15, 0.2) is 0 Å². The molecule has 0 atom stereocenters. The van der Waals surface area contributed by atoms with Gasteiger partial charge in [0.05, 0.1) is 13.2 Å². The number of carbonyl (C=O) groups is 2. The van der Waals surface area contributed by atoms with E-state index in [1.54, 1.807) is 11.8 Å². The summed E-state index contributed by atoms with van der Waals surface area (Å²) < 4.78 is 4.89. The van der Waals surface area contributed by atoms with Crippen molar-refractivity contribution in [1.82, 2.24) is 9.80 Å². The van der Waals surface area contributed by atoms with Gasteiger partial charge in [-0.2, -0.15) is 0 Å². The molecule has 0 N–H and O–H groups in total. The van der Waals surface area contributed by atoms with E-state index in [0.717, 1.165) is 0 Å². The number of amides is 1. The maximum absolute atomic E-state index is 11.3. The van der Waals surface area contributed by atoms with Crippen LogP contribution in [0.3, 0.4) is 0 Å². The van der Waals surface area contributed by atoms with E-state index in [1.165, 1.54) is 0 Å². The molecule has 1 aliphatic rings. The Labute approximate surface area is 90.0 Å². The van der Waals surface area contributed by atoms with Gasteiger partial charge < -0.3 is 9.64 Å². The molecule has 15 heavy (non-hydrogen) atoms. The summed E-state index contributed by atoms with van der Waals surface area (Å²) in [6, 6.07) is 0. The molecular formula is C10H17N2O3. The number of rotatable bonds is 3. The van der Waals surface area contributed by atoms with Crippen LogP contribution in [0.2, 0.25) is 0 Å². The summed E-state index contributed by atoms with van der Waals surface area (Å²) in [5.74, 6) is -0.0837. The van der Waals surface area contributed by atoms with Crippen molar-refractivity contribution in [2.24, 2.45) is 0 Å². The number of hydrogen-bond donors (Lipinski definition) is 0. The van der Waals surface area contributed by atoms with Crippen molar-refractivity contribution in [2.75, 3.05) is 39.3 Å². The van der Waals surface area contributed by atoms with Gasteiger partial charge in [0.1, 0.15) is 5.78 Å². The molecule has 0 aromatic heterocycles. The number of ether oxygens (including phenoxy) is 1. The van der Waals surface area contributed by atoms with Gasteiger partial charge in [0.2, 0.25) is 0 Å². The molecule has 0 unspecified atom stereocenters. The van der Waals surface area contributed by atoms with Gasteiger partial charge in [0.25, 0.3) is 0 Å². The van der Waals surface area contributed by atoms with Crippen molar-refractivity contribution in [3.8, 4) is 0 Å². The largest absolute Gasteiger partial charge is 0.450 e. The fourth-order valence-corrected chi connectivity index (χ4v) is 1.55. The lowest BCUT2D eigenvalue weighted by Crippen LogP contribution is -2.49. The third-order valence-corrected chi connectivity index (χ3v) is 2.30. The minimum absolute atomic E-state index is 0.0837. The summed E-state index contributed by atoms with van der Waals surface area (Å²) in [5.41, 5.74) is 0. The third kappa shape index (κ3) is 3.87. The summed E-state index contributed by atoms with van der Waals surface area (Å²) in [5, 5.41) is 0. The molecule has 1 radical (unpaired) electrons. The van der Waals surface area contributed by atoms with Gasteiger partial charge in [-0.3, -0.25) is 9.69 Å². The van der Waals surface area contributed by atoms with E-state index >= 15 is 0 Å². The first-order chi connectivity index (χ1) is 7.13. The molecule has 0 aromatic rings. The summed E-state index contributed by atoms with van der Waals surface area (Å²) in [6.07, 6.45) is -0.266. The van der Waals surface area contributed by atoms with Crippen LogP contribution in [0.4, 0.5) is 4.79 Å². The van der Waals surface area contributed by atoms with Crippen molar-refractivity contribution in [1.29, 1.82) is 0 Å². The van der Waals surface area contributed by atoms with Crippen LogP contribution < -0.4 is 0 Å². The molecule has 1 amide bonds. The first-order valence-corrected chi connectivity index (χ1v) is 5.12. The predicted molar refractivity (Wildman–Crippen MR) is 55.4 cm³/mol. The van der Waals surface area contributed by atoms with E-state index in [0.29, 0.717) is 39.3 Å². The topological polar surface area (TPSA) is 49.9 Å². The smallest absolute Gasteiger partial charge is 0.409 e. The average Bonchev–Trinajstić information content (AvgIpc) is 2.18. The molecule has 0 aromatic carbocycles. The van der Waals surface area contributed by atoms with Gasteiger partial charge in [-0.1, -0.05) is 0 Å². The summed E-state index contributed by atoms with van der Waals surface area (Å²) in [7, 11) is 0. The molecule has 1 rings (SSSR count). The van der Waals surface area contributed by atoms with Gasteiger partial charge in [0, 0.05) is 33.1 Å². The Morgan fingerprint density at radius 1 is 1.27 bits per heavy atom. The summed E-state index contributed by atoms with van der Waals surface area (Å²) in [4.78, 5) is 25.8. The molecule has 85 valence electrons. The molecule has 1 heterocycles. The Morgan fingerprint density at radius 2 is 1.87 bits per heavy atom. The summed E-state index contributed by atoms with van der Waals surface area (Å²) >= 11 is 0. The molecule has 0 aliphatic carbocycles. The van der Waals surface area contributed by atoms with Crippen molar-refractivity contribution >= 4 is 11.9 Å². The van der Waals surface area contributed by atoms with Crippen molar-refractivity contribution in [3.05, 3.63) is 6.92 Å². The lowest BCUT2D eigenvalue weighted by molar-refractivity contribution is -0.116. The highest BCUT2D eigenvalue weighted by atomic mass is 16.6. The quantitative estimate of drug-likeness (QED) is 0.670. The van der Waals surface area contributed by atoms with E-state index in [9.17, 15) is 9.59 Å². The standard InChI is InChI=1S/C10H17N2O3/c1-3-15-10(14)12-6-4-11(5-7-12)8-9(2)13/h2-8H2,1H3. The molecule has 0 bridgehead atoms. The number of carbonyl (C=O) groups excluding carboxylic acids is 2. The van der Waals surface area contributed by atoms with E-state index < -0.39 is 0 Å². The zero-order chi connectivity index (χ0) is 11.3. The molecule has 1 aliphatic heterocycles. The first-order valence-electron chi connectivity index (χ1n) is 5.12. The lowest BCUT2D eigenvalue weighted by atomic mass is 10.3. The van der Waals surface area contributed by atoms with Crippen LogP contribution in [0.5, 0.6) is 0 Å². The van der Waals surface area contributed by atoms with E-state index in [-0.39, 0.29) is 11.9 Å². The van der Waals surface area contributed by atoms with E-state index in [2.05, 4.69) is 6.92 Å². The molecular weight excluding hydrogens is 196 g/mol. The molecule has 0 spiro atoms. The Balaban J connectivity index is 2.29. The number of ketones is 1. The second kappa shape index (κ2) is 5.70. The molecule has 1 fully saturated rings. The van der Waals surface area contributed by atoms with Crippen LogP contribution in [0.1, 0.15) is 6.92 Å². The van der Waals surface area contributed by atoms with Gasteiger partial charge in [-0.25, -0.2) is 4.79 Å². The van der Waals surface area contributed by atoms with Gasteiger partial charge in [-0.05, 0) is 6.92 Å². The zero-order valence-electron chi connectivity index (χ0n) is 9.07. The van der Waals surface area contributed by atoms with Crippen LogP contribution in [0.25, 0.3) is 0 Å². The maximum Gasteiger partial charge on any atom is 0.409 e. The highest BCUT2D eigenvalue weighted by Gasteiger charge is 2.21. The van der Waals surface area contributed by atoms with Crippen molar-refractivity contribution in [2.45, 2.75) is 6.92 Å². The maximum atomic E-state index is 11.3. The highest BCUT2D eigenvalue weighted by Crippen LogP contribution is 2.03. The van der Waals surface area contributed by atoms with E-state index in [4.69, 9.17) is 4.74 Å². The van der Waals surface area contributed by atoms with Gasteiger partial charge >= 0.3 is 6.09 Å². The molecule has 5 heteroatoms. The normalized spacial score (nSPS) is 17.6. The number of hydrogen-bond acceptors (Lipinski definition) is 4. The third-order valence-electron chi connectivity index (χ3n) is 2.30. The minimum Gasteiger partial charge on any atom is -0.450 e. The SMILES string of the molecule is [CH2]C(=O)CN1CCN(C(=O)OCC)CC1. The Bertz CT molecular complexity index is 235. The summed E-state index contributed by atoms with van der Waals surface area (Å²) in [6.45, 7) is 8.54. The second-order valence-electron chi connectivity index (χ2n) is 3.50. The van der Waals surface area contributed by atoms with Crippen LogP contribution in [-0.4, -0.2) is 61.0 Å². The van der Waals surface area contributed by atoms with Gasteiger partial charge in [-0.15, -0.1) is 0 Å². The van der Waals surface area contributed by atoms with Crippen molar-refractivity contribution in [3.63, 3.8) is 0 Å². The first kappa shape index (κ1) is 12.0. The Hall–Kier alpha value is -1.10. The van der Waals surface area contributed by atoms with Crippen LogP contribution in [-0.2, 0) is 9.53 Å². The molecule has 0 saturated carbocycles. The van der Waals surface area contributed by atoms with Crippen molar-refractivity contribution < 1.29 is 14.3 Å². The minimum atomic E-state index is -0.266. The fraction of sp³-hybridized carbons (Fsp3) is 0.700. The monoisotopic (exact) mass is 213 g/mol. The molecule has 5 nitrogen and oxygen atoms in total. The Morgan fingerprint density at radius 3 is 2.33 bits per heavy atom. The lowest BCUT2D eigenvalue weighted by Gasteiger charge is -2.33. The predicted octanol–water partition coefficient (Wildman–Crippen LogP) is 0.164. The molecule has 1 saturated heterocycles. The van der Waals surface area contributed by atoms with E-state index in [1.807, 2.05) is 4.90 Å². The second-order valence-corrected chi connectivity index (χ2v) is 3.50.